The molecule has 0 aliphatic carbocycles. The third-order valence-electron chi connectivity index (χ3n) is 6.62. The minimum Gasteiger partial charge on any atom is -0.396 e. The number of aliphatic hydroxyl groups excluding tert-OH is 1. The number of nitrogen functional groups attached to an aromatic ring is 1. The van der Waals surface area contributed by atoms with Gasteiger partial charge in [0.2, 0.25) is 0 Å². The zero-order valence-corrected chi connectivity index (χ0v) is 21.3. The van der Waals surface area contributed by atoms with Crippen molar-refractivity contribution >= 4 is 16.5 Å². The Labute approximate surface area is 204 Å². The van der Waals surface area contributed by atoms with Crippen molar-refractivity contribution in [3.63, 3.8) is 0 Å². The van der Waals surface area contributed by atoms with Crippen molar-refractivity contribution in [3.05, 3.63) is 64.5 Å². The maximum Gasteiger partial charge on any atom is 0.146 e. The summed E-state index contributed by atoms with van der Waals surface area (Å²) in [7, 11) is -1.07. The van der Waals surface area contributed by atoms with E-state index in [1.165, 1.54) is 11.6 Å². The lowest BCUT2D eigenvalue weighted by molar-refractivity contribution is 0.0795. The van der Waals surface area contributed by atoms with E-state index in [2.05, 4.69) is 38.2 Å². The first-order chi connectivity index (χ1) is 16.1. The Bertz CT molecular complexity index is 993. The number of alkyl halides is 1. The highest BCUT2D eigenvalue weighted by Gasteiger charge is 2.35. The average Bonchev–Trinajstić information content (AvgIpc) is 2.78. The standard InChI is InChI=1S/C27H38F2N2O2S/c1-27(2,3)22-9-6-7-18(13-22)15-31-24-17-34(33)16-21(26(24)32)12-19-11-20(8-4-5-10-28)25(30)23(29)14-19/h6-7,9,11,13-14,21,24,26,31-32H,4-5,8,10,12,15-17,30H2,1-3H3/t21-,24+,26+,34?/m1/s1. The van der Waals surface area contributed by atoms with E-state index >= 15 is 0 Å². The van der Waals surface area contributed by atoms with Crippen molar-refractivity contribution in [2.45, 2.75) is 70.6 Å². The maximum absolute atomic E-state index is 14.4. The molecule has 4 N–H and O–H groups in total. The molecule has 1 heterocycles. The first kappa shape index (κ1) is 26.8. The normalized spacial score (nSPS) is 23.2. The summed E-state index contributed by atoms with van der Waals surface area (Å²) in [6.45, 7) is 6.68. The zero-order valence-electron chi connectivity index (χ0n) is 20.4. The summed E-state index contributed by atoms with van der Waals surface area (Å²) in [6.07, 6.45) is 1.24. The molecule has 2 aromatic carbocycles. The van der Waals surface area contributed by atoms with Gasteiger partial charge >= 0.3 is 0 Å². The first-order valence-corrected chi connectivity index (χ1v) is 13.6. The molecule has 1 unspecified atom stereocenters. The molecule has 0 bridgehead atoms. The lowest BCUT2D eigenvalue weighted by atomic mass is 9.86. The zero-order chi connectivity index (χ0) is 24.9. The van der Waals surface area contributed by atoms with Crippen molar-refractivity contribution < 1.29 is 18.1 Å². The summed E-state index contributed by atoms with van der Waals surface area (Å²) in [4.78, 5) is 0. The maximum atomic E-state index is 14.4. The number of hydrogen-bond acceptors (Lipinski definition) is 4. The van der Waals surface area contributed by atoms with Gasteiger partial charge in [0.15, 0.2) is 0 Å². The molecule has 1 fully saturated rings. The van der Waals surface area contributed by atoms with Crippen molar-refractivity contribution in [2.24, 2.45) is 5.92 Å². The SMILES string of the molecule is CC(C)(C)c1cccc(CN[C@H]2CS(=O)C[C@@H](Cc3cc(F)c(N)c(CCCCF)c3)[C@@H]2O)c1. The minimum absolute atomic E-state index is 0.0477. The highest BCUT2D eigenvalue weighted by molar-refractivity contribution is 7.85. The smallest absolute Gasteiger partial charge is 0.146 e. The number of nitrogens with one attached hydrogen (secondary N) is 1. The van der Waals surface area contributed by atoms with Crippen LogP contribution in [0.3, 0.4) is 0 Å². The van der Waals surface area contributed by atoms with E-state index in [4.69, 9.17) is 5.73 Å². The molecule has 0 spiro atoms. The van der Waals surface area contributed by atoms with Gasteiger partial charge < -0.3 is 16.2 Å². The minimum atomic E-state index is -1.07. The molecule has 34 heavy (non-hydrogen) atoms. The number of halogens is 2. The number of aryl methyl sites for hydroxylation is 1. The van der Waals surface area contributed by atoms with Crippen LogP contribution in [0.2, 0.25) is 0 Å². The summed E-state index contributed by atoms with van der Waals surface area (Å²) in [5.74, 6) is 0.0192. The Hall–Kier alpha value is -1.83. The molecule has 4 atom stereocenters. The predicted octanol–water partition coefficient (Wildman–Crippen LogP) is 4.44. The fraction of sp³-hybridized carbons (Fsp3) is 0.556. The molecule has 188 valence electrons. The molecule has 4 nitrogen and oxygen atoms in total. The van der Waals surface area contributed by atoms with Gasteiger partial charge in [0.1, 0.15) is 5.82 Å². The van der Waals surface area contributed by atoms with Crippen molar-refractivity contribution in [1.29, 1.82) is 0 Å². The monoisotopic (exact) mass is 492 g/mol. The second-order valence-electron chi connectivity index (χ2n) is 10.5. The van der Waals surface area contributed by atoms with Crippen LogP contribution in [0.5, 0.6) is 0 Å². The number of unbranched alkanes of at least 4 members (excludes halogenated alkanes) is 1. The molecular formula is C27H38F2N2O2S. The molecule has 0 amide bonds. The van der Waals surface area contributed by atoms with Crippen molar-refractivity contribution in [1.82, 2.24) is 5.32 Å². The summed E-state index contributed by atoms with van der Waals surface area (Å²) in [5, 5.41) is 14.5. The highest BCUT2D eigenvalue weighted by Crippen LogP contribution is 2.27. The third kappa shape index (κ3) is 7.09. The Morgan fingerprint density at radius 1 is 1.15 bits per heavy atom. The molecule has 7 heteroatoms. The van der Waals surface area contributed by atoms with Crippen LogP contribution in [-0.4, -0.2) is 39.6 Å². The molecule has 3 rings (SSSR count). The number of hydrogen-bond donors (Lipinski definition) is 3. The second-order valence-corrected chi connectivity index (χ2v) is 12.0. The topological polar surface area (TPSA) is 75.4 Å². The molecule has 2 aromatic rings. The number of aliphatic hydroxyl groups is 1. The molecule has 1 saturated heterocycles. The van der Waals surface area contributed by atoms with Crippen LogP contribution in [-0.2, 0) is 35.6 Å². The number of nitrogens with two attached hydrogens (primary N) is 1. The summed E-state index contributed by atoms with van der Waals surface area (Å²) >= 11 is 0. The number of rotatable bonds is 9. The van der Waals surface area contributed by atoms with Gasteiger partial charge in [-0.2, -0.15) is 0 Å². The van der Waals surface area contributed by atoms with Crippen LogP contribution in [0.15, 0.2) is 36.4 Å². The fourth-order valence-electron chi connectivity index (χ4n) is 4.56. The van der Waals surface area contributed by atoms with Crippen LogP contribution >= 0.6 is 0 Å². The van der Waals surface area contributed by atoms with Gasteiger partial charge in [-0.3, -0.25) is 8.60 Å². The first-order valence-electron chi connectivity index (χ1n) is 12.1. The van der Waals surface area contributed by atoms with E-state index in [-0.39, 0.29) is 23.1 Å². The number of benzene rings is 2. The van der Waals surface area contributed by atoms with Crippen LogP contribution in [0.1, 0.15) is 55.9 Å². The van der Waals surface area contributed by atoms with Gasteiger partial charge in [-0.25, -0.2) is 4.39 Å². The van der Waals surface area contributed by atoms with E-state index < -0.39 is 29.4 Å². The van der Waals surface area contributed by atoms with E-state index in [0.717, 1.165) is 11.1 Å². The van der Waals surface area contributed by atoms with Gasteiger partial charge in [0.05, 0.1) is 18.5 Å². The Morgan fingerprint density at radius 2 is 1.91 bits per heavy atom. The van der Waals surface area contributed by atoms with E-state index in [1.54, 1.807) is 0 Å². The van der Waals surface area contributed by atoms with E-state index in [9.17, 15) is 18.1 Å². The molecule has 0 radical (unpaired) electrons. The molecular weight excluding hydrogens is 454 g/mol. The van der Waals surface area contributed by atoms with Gasteiger partial charge in [-0.15, -0.1) is 0 Å². The second kappa shape index (κ2) is 11.7. The molecule has 1 aliphatic heterocycles. The van der Waals surface area contributed by atoms with Crippen LogP contribution in [0.25, 0.3) is 0 Å². The van der Waals surface area contributed by atoms with E-state index in [1.807, 2.05) is 18.2 Å². The van der Waals surface area contributed by atoms with Gasteiger partial charge in [0.25, 0.3) is 0 Å². The van der Waals surface area contributed by atoms with Crippen LogP contribution in [0, 0.1) is 11.7 Å². The molecule has 1 aliphatic rings. The molecule has 0 saturated carbocycles. The summed E-state index contributed by atoms with van der Waals surface area (Å²) in [5.41, 5.74) is 9.80. The predicted molar refractivity (Wildman–Crippen MR) is 137 cm³/mol. The van der Waals surface area contributed by atoms with Gasteiger partial charge in [-0.1, -0.05) is 51.1 Å². The fourth-order valence-corrected chi connectivity index (χ4v) is 6.21. The quantitative estimate of drug-likeness (QED) is 0.357. The molecule has 0 aromatic heterocycles. The Morgan fingerprint density at radius 3 is 2.62 bits per heavy atom. The van der Waals surface area contributed by atoms with Crippen LogP contribution in [0.4, 0.5) is 14.5 Å². The van der Waals surface area contributed by atoms with Gasteiger partial charge in [0, 0.05) is 40.8 Å². The summed E-state index contributed by atoms with van der Waals surface area (Å²) in [6, 6.07) is 11.3. The highest BCUT2D eigenvalue weighted by atomic mass is 32.2. The largest absolute Gasteiger partial charge is 0.396 e. The lowest BCUT2D eigenvalue weighted by Gasteiger charge is -2.35. The lowest BCUT2D eigenvalue weighted by Crippen LogP contribution is -2.53. The Balaban J connectivity index is 1.68. The number of anilines is 1. The Kier molecular flexibility index (Phi) is 9.24. The van der Waals surface area contributed by atoms with E-state index in [0.29, 0.717) is 49.3 Å². The van der Waals surface area contributed by atoms with Crippen LogP contribution < -0.4 is 11.1 Å². The average molecular weight is 493 g/mol. The van der Waals surface area contributed by atoms with Crippen molar-refractivity contribution in [2.75, 3.05) is 23.9 Å². The third-order valence-corrected chi connectivity index (χ3v) is 8.16. The van der Waals surface area contributed by atoms with Gasteiger partial charge in [-0.05, 0) is 59.4 Å². The van der Waals surface area contributed by atoms with Crippen molar-refractivity contribution in [3.8, 4) is 0 Å². The summed E-state index contributed by atoms with van der Waals surface area (Å²) < 4.78 is 39.5.